The van der Waals surface area contributed by atoms with Crippen molar-refractivity contribution in [3.05, 3.63) is 29.8 Å². The third kappa shape index (κ3) is 4.05. The van der Waals surface area contributed by atoms with Crippen LogP contribution in [0.5, 0.6) is 0 Å². The number of sulfonamides is 1. The molecule has 0 saturated heterocycles. The van der Waals surface area contributed by atoms with E-state index in [-0.39, 0.29) is 0 Å². The zero-order valence-electron chi connectivity index (χ0n) is 12.4. The van der Waals surface area contributed by atoms with Crippen molar-refractivity contribution in [1.82, 2.24) is 4.31 Å². The van der Waals surface area contributed by atoms with Gasteiger partial charge in [-0.05, 0) is 30.0 Å². The van der Waals surface area contributed by atoms with Crippen molar-refractivity contribution in [3.63, 3.8) is 0 Å². The van der Waals surface area contributed by atoms with Crippen molar-refractivity contribution in [2.75, 3.05) is 13.1 Å². The minimum Gasteiger partial charge on any atom is -0.207 e. The van der Waals surface area contributed by atoms with Crippen LogP contribution in [0.2, 0.25) is 0 Å². The van der Waals surface area contributed by atoms with Crippen molar-refractivity contribution in [1.29, 1.82) is 0 Å². The molecule has 0 aliphatic rings. The largest absolute Gasteiger partial charge is 0.243 e. The van der Waals surface area contributed by atoms with E-state index in [9.17, 15) is 8.42 Å². The van der Waals surface area contributed by atoms with Crippen LogP contribution in [0.4, 0.5) is 0 Å². The molecule has 0 fully saturated rings. The first-order chi connectivity index (χ1) is 8.93. The summed E-state index contributed by atoms with van der Waals surface area (Å²) in [7, 11) is -3.33. The number of nitrogens with zero attached hydrogens (tertiary/aromatic N) is 1. The van der Waals surface area contributed by atoms with Gasteiger partial charge in [0, 0.05) is 13.1 Å². The van der Waals surface area contributed by atoms with E-state index in [0.717, 1.165) is 18.4 Å². The maximum atomic E-state index is 12.5. The van der Waals surface area contributed by atoms with E-state index in [0.29, 0.717) is 23.9 Å². The van der Waals surface area contributed by atoms with Gasteiger partial charge in [-0.3, -0.25) is 0 Å². The number of unbranched alkanes of at least 4 members (excludes halogenated alkanes) is 1. The molecule has 0 saturated carbocycles. The van der Waals surface area contributed by atoms with Crippen molar-refractivity contribution in [2.45, 2.75) is 51.3 Å². The van der Waals surface area contributed by atoms with Gasteiger partial charge in [-0.2, -0.15) is 4.31 Å². The molecule has 4 heteroatoms. The average molecular weight is 283 g/mol. The van der Waals surface area contributed by atoms with Gasteiger partial charge < -0.3 is 0 Å². The fraction of sp³-hybridized carbons (Fsp3) is 0.600. The first kappa shape index (κ1) is 16.2. The fourth-order valence-corrected chi connectivity index (χ4v) is 3.44. The molecule has 0 aromatic heterocycles. The summed E-state index contributed by atoms with van der Waals surface area (Å²) in [5, 5.41) is 0. The van der Waals surface area contributed by atoms with Gasteiger partial charge in [0.1, 0.15) is 0 Å². The Bertz CT molecular complexity index is 477. The molecule has 3 nitrogen and oxygen atoms in total. The van der Waals surface area contributed by atoms with E-state index in [1.165, 1.54) is 0 Å². The molecule has 0 radical (unpaired) electrons. The number of rotatable bonds is 7. The summed E-state index contributed by atoms with van der Waals surface area (Å²) in [5.74, 6) is 0.416. The Morgan fingerprint density at radius 3 is 2.11 bits per heavy atom. The molecule has 19 heavy (non-hydrogen) atoms. The minimum absolute atomic E-state index is 0.398. The van der Waals surface area contributed by atoms with Crippen LogP contribution in [-0.2, 0) is 10.0 Å². The molecule has 108 valence electrons. The Labute approximate surface area is 117 Å². The molecule has 0 N–H and O–H groups in total. The smallest absolute Gasteiger partial charge is 0.207 e. The quantitative estimate of drug-likeness (QED) is 0.766. The van der Waals surface area contributed by atoms with E-state index >= 15 is 0 Å². The van der Waals surface area contributed by atoms with E-state index in [1.807, 2.05) is 19.1 Å². The maximum Gasteiger partial charge on any atom is 0.243 e. The van der Waals surface area contributed by atoms with E-state index in [1.54, 1.807) is 16.4 Å². The van der Waals surface area contributed by atoms with Crippen LogP contribution in [0.3, 0.4) is 0 Å². The van der Waals surface area contributed by atoms with Crippen molar-refractivity contribution in [3.8, 4) is 0 Å². The molecule has 0 heterocycles. The van der Waals surface area contributed by atoms with Crippen LogP contribution in [0.25, 0.3) is 0 Å². The highest BCUT2D eigenvalue weighted by atomic mass is 32.2. The lowest BCUT2D eigenvalue weighted by Gasteiger charge is -2.20. The van der Waals surface area contributed by atoms with Crippen LogP contribution in [0.15, 0.2) is 29.2 Å². The molecule has 0 unspecified atom stereocenters. The maximum absolute atomic E-state index is 12.5. The molecular weight excluding hydrogens is 258 g/mol. The predicted octanol–water partition coefficient (Wildman–Crippen LogP) is 3.62. The van der Waals surface area contributed by atoms with Crippen LogP contribution in [0, 0.1) is 0 Å². The number of hydrogen-bond acceptors (Lipinski definition) is 2. The second kappa shape index (κ2) is 7.06. The van der Waals surface area contributed by atoms with E-state index in [2.05, 4.69) is 20.8 Å². The Balaban J connectivity index is 2.98. The number of hydrogen-bond donors (Lipinski definition) is 0. The summed E-state index contributed by atoms with van der Waals surface area (Å²) in [6.07, 6.45) is 1.90. The zero-order valence-corrected chi connectivity index (χ0v) is 13.2. The van der Waals surface area contributed by atoms with Crippen LogP contribution in [0.1, 0.15) is 52.0 Å². The highest BCUT2D eigenvalue weighted by molar-refractivity contribution is 7.89. The summed E-state index contributed by atoms with van der Waals surface area (Å²) in [6.45, 7) is 9.27. The molecule has 1 rings (SSSR count). The van der Waals surface area contributed by atoms with Gasteiger partial charge in [-0.1, -0.05) is 46.2 Å². The van der Waals surface area contributed by atoms with Crippen molar-refractivity contribution < 1.29 is 8.42 Å². The average Bonchev–Trinajstić information content (AvgIpc) is 2.39. The predicted molar refractivity (Wildman–Crippen MR) is 79.9 cm³/mol. The van der Waals surface area contributed by atoms with Gasteiger partial charge in [0.25, 0.3) is 0 Å². The summed E-state index contributed by atoms with van der Waals surface area (Å²) < 4.78 is 26.5. The van der Waals surface area contributed by atoms with Gasteiger partial charge in [0.2, 0.25) is 10.0 Å². The lowest BCUT2D eigenvalue weighted by atomic mass is 10.0. The first-order valence-electron chi connectivity index (χ1n) is 7.03. The van der Waals surface area contributed by atoms with Crippen LogP contribution < -0.4 is 0 Å². The summed E-state index contributed by atoms with van der Waals surface area (Å²) in [6, 6.07) is 7.26. The van der Waals surface area contributed by atoms with Crippen LogP contribution in [-0.4, -0.2) is 25.8 Å². The molecule has 0 aliphatic heterocycles. The highest BCUT2D eigenvalue weighted by Crippen LogP contribution is 2.20. The summed E-state index contributed by atoms with van der Waals surface area (Å²) in [4.78, 5) is 0.398. The zero-order chi connectivity index (χ0) is 14.5. The second-order valence-electron chi connectivity index (χ2n) is 5.07. The van der Waals surface area contributed by atoms with E-state index in [4.69, 9.17) is 0 Å². The van der Waals surface area contributed by atoms with Gasteiger partial charge in [0.15, 0.2) is 0 Å². The monoisotopic (exact) mass is 283 g/mol. The van der Waals surface area contributed by atoms with Crippen molar-refractivity contribution >= 4 is 10.0 Å². The lowest BCUT2D eigenvalue weighted by molar-refractivity contribution is 0.419. The first-order valence-corrected chi connectivity index (χ1v) is 8.47. The van der Waals surface area contributed by atoms with Crippen LogP contribution >= 0.6 is 0 Å². The Kier molecular flexibility index (Phi) is 6.01. The third-order valence-corrected chi connectivity index (χ3v) is 5.29. The van der Waals surface area contributed by atoms with Gasteiger partial charge in [0.05, 0.1) is 4.90 Å². The highest BCUT2D eigenvalue weighted by Gasteiger charge is 2.22. The topological polar surface area (TPSA) is 37.4 Å². The third-order valence-electron chi connectivity index (χ3n) is 3.30. The standard InChI is InChI=1S/C15H25NO2S/c1-5-7-12-16(6-2)19(17,18)15-10-8-14(9-11-15)13(3)4/h8-11,13H,5-7,12H2,1-4H3. The lowest BCUT2D eigenvalue weighted by Crippen LogP contribution is -2.31. The summed E-state index contributed by atoms with van der Waals surface area (Å²) >= 11 is 0. The number of benzene rings is 1. The fourth-order valence-electron chi connectivity index (χ4n) is 1.96. The second-order valence-corrected chi connectivity index (χ2v) is 7.01. The van der Waals surface area contributed by atoms with Gasteiger partial charge in [-0.25, -0.2) is 8.42 Å². The normalized spacial score (nSPS) is 12.3. The van der Waals surface area contributed by atoms with Crippen molar-refractivity contribution in [2.24, 2.45) is 0 Å². The molecule has 0 bridgehead atoms. The summed E-state index contributed by atoms with van der Waals surface area (Å²) in [5.41, 5.74) is 1.16. The molecule has 1 aromatic carbocycles. The Morgan fingerprint density at radius 1 is 1.11 bits per heavy atom. The molecular formula is C15H25NO2S. The van der Waals surface area contributed by atoms with Gasteiger partial charge >= 0.3 is 0 Å². The molecule has 1 aromatic rings. The Morgan fingerprint density at radius 2 is 1.68 bits per heavy atom. The molecule has 0 aliphatic carbocycles. The molecule has 0 spiro atoms. The Hall–Kier alpha value is -0.870. The molecule has 0 amide bonds. The minimum atomic E-state index is -3.33. The molecule has 0 atom stereocenters. The SMILES string of the molecule is CCCCN(CC)S(=O)(=O)c1ccc(C(C)C)cc1. The van der Waals surface area contributed by atoms with Gasteiger partial charge in [-0.15, -0.1) is 0 Å². The van der Waals surface area contributed by atoms with E-state index < -0.39 is 10.0 Å².